The minimum absolute atomic E-state index is 0.206. The first-order valence-corrected chi connectivity index (χ1v) is 10.2. The van der Waals surface area contributed by atoms with Crippen LogP contribution in [0.25, 0.3) is 10.9 Å². The van der Waals surface area contributed by atoms with Gasteiger partial charge < -0.3 is 11.1 Å². The second-order valence-corrected chi connectivity index (χ2v) is 7.38. The number of fused-ring (bicyclic) bond motifs is 1. The first-order chi connectivity index (χ1) is 15.0. The van der Waals surface area contributed by atoms with Crippen molar-refractivity contribution in [1.29, 1.82) is 0 Å². The summed E-state index contributed by atoms with van der Waals surface area (Å²) in [5.41, 5.74) is 10.4. The predicted molar refractivity (Wildman–Crippen MR) is 126 cm³/mol. The molecule has 0 aliphatic heterocycles. The molecule has 7 heteroatoms. The highest BCUT2D eigenvalue weighted by Gasteiger charge is 2.09. The second kappa shape index (κ2) is 10.6. The van der Waals surface area contributed by atoms with E-state index in [2.05, 4.69) is 27.0 Å². The lowest BCUT2D eigenvalue weighted by Crippen LogP contribution is -2.24. The number of hydrogen-bond acceptors (Lipinski definition) is 5. The van der Waals surface area contributed by atoms with Gasteiger partial charge in [-0.2, -0.15) is 0 Å². The van der Waals surface area contributed by atoms with Crippen LogP contribution >= 0.6 is 11.6 Å². The summed E-state index contributed by atoms with van der Waals surface area (Å²) < 4.78 is 0. The van der Waals surface area contributed by atoms with E-state index in [1.807, 2.05) is 43.3 Å². The number of hydrogen-bond donors (Lipinski definition) is 2. The molecule has 0 radical (unpaired) electrons. The van der Waals surface area contributed by atoms with Crippen molar-refractivity contribution in [1.82, 2.24) is 15.3 Å². The molecular weight excluding hydrogens is 410 g/mol. The minimum atomic E-state index is -0.206. The first-order valence-electron chi connectivity index (χ1n) is 9.82. The fourth-order valence-electron chi connectivity index (χ4n) is 3.04. The van der Waals surface area contributed by atoms with Crippen LogP contribution in [0, 0.1) is 0 Å². The van der Waals surface area contributed by atoms with Gasteiger partial charge >= 0.3 is 0 Å². The Morgan fingerprint density at radius 3 is 2.68 bits per heavy atom. The van der Waals surface area contributed by atoms with Gasteiger partial charge in [-0.25, -0.2) is 0 Å². The summed E-state index contributed by atoms with van der Waals surface area (Å²) in [7, 11) is 0. The van der Waals surface area contributed by atoms with Crippen LogP contribution in [-0.4, -0.2) is 22.6 Å². The molecule has 0 saturated heterocycles. The van der Waals surface area contributed by atoms with Gasteiger partial charge in [0.05, 0.1) is 22.8 Å². The molecule has 3 rings (SSSR count). The molecule has 1 aromatic carbocycles. The van der Waals surface area contributed by atoms with Crippen molar-refractivity contribution >= 4 is 35.1 Å². The molecule has 0 atom stereocenters. The normalized spacial score (nSPS) is 12.1. The van der Waals surface area contributed by atoms with Crippen molar-refractivity contribution in [2.24, 2.45) is 10.7 Å². The Labute approximate surface area is 186 Å². The number of carbonyl (C=O) groups is 1. The van der Waals surface area contributed by atoms with Crippen molar-refractivity contribution in [3.05, 3.63) is 94.1 Å². The molecule has 2 heterocycles. The highest BCUT2D eigenvalue weighted by Crippen LogP contribution is 2.20. The Morgan fingerprint density at radius 1 is 1.19 bits per heavy atom. The summed E-state index contributed by atoms with van der Waals surface area (Å²) in [5.74, 6) is -0.206. The molecule has 3 N–H and O–H groups in total. The maximum absolute atomic E-state index is 12.6. The van der Waals surface area contributed by atoms with Gasteiger partial charge in [-0.1, -0.05) is 29.8 Å². The summed E-state index contributed by atoms with van der Waals surface area (Å²) in [4.78, 5) is 25.3. The van der Waals surface area contributed by atoms with E-state index in [0.29, 0.717) is 35.8 Å². The number of carbonyl (C=O) groups excluding carboxylic acids is 1. The number of rotatable bonds is 8. The third-order valence-corrected chi connectivity index (χ3v) is 4.95. The molecule has 31 heavy (non-hydrogen) atoms. The van der Waals surface area contributed by atoms with E-state index in [-0.39, 0.29) is 5.91 Å². The lowest BCUT2D eigenvalue weighted by Gasteiger charge is -2.08. The Morgan fingerprint density at radius 2 is 2.00 bits per heavy atom. The highest BCUT2D eigenvalue weighted by molar-refractivity contribution is 6.31. The molecular formula is C24H24ClN5O. The van der Waals surface area contributed by atoms with Crippen molar-refractivity contribution in [2.45, 2.75) is 26.4 Å². The largest absolute Gasteiger partial charge is 0.346 e. The van der Waals surface area contributed by atoms with Crippen LogP contribution in [0.5, 0.6) is 0 Å². The number of amides is 1. The van der Waals surface area contributed by atoms with E-state index >= 15 is 0 Å². The van der Waals surface area contributed by atoms with Crippen LogP contribution in [-0.2, 0) is 24.3 Å². The quantitative estimate of drug-likeness (QED) is 0.317. The molecule has 1 amide bonds. The smallest absolute Gasteiger partial charge is 0.251 e. The summed E-state index contributed by atoms with van der Waals surface area (Å²) in [6.45, 7) is 6.23. The van der Waals surface area contributed by atoms with Crippen molar-refractivity contribution in [3.8, 4) is 0 Å². The molecule has 0 fully saturated rings. The summed E-state index contributed by atoms with van der Waals surface area (Å²) in [6, 6.07) is 11.6. The number of allylic oxidation sites excluding steroid dienone is 2. The van der Waals surface area contributed by atoms with Gasteiger partial charge in [0.15, 0.2) is 0 Å². The van der Waals surface area contributed by atoms with Crippen LogP contribution in [0.3, 0.4) is 0 Å². The summed E-state index contributed by atoms with van der Waals surface area (Å²) in [5, 5.41) is 4.42. The van der Waals surface area contributed by atoms with Gasteiger partial charge in [0.2, 0.25) is 0 Å². The zero-order valence-corrected chi connectivity index (χ0v) is 18.1. The number of nitrogens with two attached hydrogens (primary N) is 1. The average Bonchev–Trinajstić information content (AvgIpc) is 2.80. The molecule has 158 valence electrons. The van der Waals surface area contributed by atoms with Gasteiger partial charge in [0.25, 0.3) is 5.91 Å². The Hall–Kier alpha value is -3.35. The first kappa shape index (κ1) is 22.3. The van der Waals surface area contributed by atoms with Crippen LogP contribution in [0.1, 0.15) is 23.7 Å². The summed E-state index contributed by atoms with van der Waals surface area (Å²) >= 11 is 6.05. The minimum Gasteiger partial charge on any atom is -0.346 e. The van der Waals surface area contributed by atoms with Crippen molar-refractivity contribution in [3.63, 3.8) is 0 Å². The molecule has 6 nitrogen and oxygen atoms in total. The van der Waals surface area contributed by atoms with Crippen molar-refractivity contribution < 1.29 is 4.79 Å². The van der Waals surface area contributed by atoms with Gasteiger partial charge in [0, 0.05) is 42.0 Å². The fraction of sp³-hybridized carbons (Fsp3) is 0.167. The van der Waals surface area contributed by atoms with Gasteiger partial charge in [0.1, 0.15) is 0 Å². The molecule has 2 aromatic heterocycles. The van der Waals surface area contributed by atoms with E-state index in [0.717, 1.165) is 27.7 Å². The topological polar surface area (TPSA) is 93.3 Å². The zero-order valence-electron chi connectivity index (χ0n) is 17.3. The Kier molecular flexibility index (Phi) is 7.65. The molecule has 0 bridgehead atoms. The lowest BCUT2D eigenvalue weighted by atomic mass is 10.0. The number of aliphatic imine (C=N–C) groups is 1. The van der Waals surface area contributed by atoms with Crippen LogP contribution in [0.4, 0.5) is 0 Å². The van der Waals surface area contributed by atoms with E-state index < -0.39 is 0 Å². The van der Waals surface area contributed by atoms with Crippen molar-refractivity contribution in [2.75, 3.05) is 0 Å². The van der Waals surface area contributed by atoms with Crippen LogP contribution < -0.4 is 11.1 Å². The fourth-order valence-corrected chi connectivity index (χ4v) is 3.21. The Balaban J connectivity index is 1.70. The maximum atomic E-state index is 12.6. The monoisotopic (exact) mass is 433 g/mol. The van der Waals surface area contributed by atoms with Gasteiger partial charge in [-0.15, -0.1) is 0 Å². The molecule has 0 unspecified atom stereocenters. The third kappa shape index (κ3) is 6.07. The second-order valence-electron chi connectivity index (χ2n) is 6.94. The number of aromatic nitrogens is 2. The zero-order chi connectivity index (χ0) is 22.2. The van der Waals surface area contributed by atoms with Crippen LogP contribution in [0.2, 0.25) is 5.02 Å². The molecule has 3 aromatic rings. The standard InChI is InChI=1S/C24H24ClN5O/c1-3-18(24(31)30-15-21-6-4-17(12-26)13-28-21)11-22(27-2)9-16-5-7-23-19(8-16)10-20(25)14-29-23/h3-8,10-11,13-14H,2,9,12,15,26H2,1H3,(H,30,31)/b18-3+,22-11-. The molecule has 0 aliphatic carbocycles. The average molecular weight is 434 g/mol. The number of pyridine rings is 2. The predicted octanol–water partition coefficient (Wildman–Crippen LogP) is 4.13. The number of nitrogens with one attached hydrogen (secondary N) is 1. The maximum Gasteiger partial charge on any atom is 0.251 e. The molecule has 0 spiro atoms. The SMILES string of the molecule is C=N/C(=C\C(=C/C)C(=O)NCc1ccc(CN)cn1)Cc1ccc2ncc(Cl)cc2c1. The Bertz CT molecular complexity index is 1150. The van der Waals surface area contributed by atoms with Gasteiger partial charge in [-0.05, 0) is 55.1 Å². The third-order valence-electron chi connectivity index (χ3n) is 4.75. The number of halogens is 1. The van der Waals surface area contributed by atoms with Gasteiger partial charge in [-0.3, -0.25) is 19.8 Å². The number of benzene rings is 1. The van der Waals surface area contributed by atoms with E-state index in [1.165, 1.54) is 0 Å². The van der Waals surface area contributed by atoms with E-state index in [4.69, 9.17) is 17.3 Å². The molecule has 0 aliphatic rings. The van der Waals surface area contributed by atoms with E-state index in [9.17, 15) is 4.79 Å². The molecule has 0 saturated carbocycles. The highest BCUT2D eigenvalue weighted by atomic mass is 35.5. The summed E-state index contributed by atoms with van der Waals surface area (Å²) in [6.07, 6.45) is 7.35. The van der Waals surface area contributed by atoms with Crippen LogP contribution in [0.15, 0.2) is 77.2 Å². The van der Waals surface area contributed by atoms with E-state index in [1.54, 1.807) is 24.5 Å². The number of nitrogens with zero attached hydrogens (tertiary/aromatic N) is 3. The lowest BCUT2D eigenvalue weighted by molar-refractivity contribution is -0.117.